The molecule has 2 aliphatic rings. The third-order valence-electron chi connectivity index (χ3n) is 6.20. The van der Waals surface area contributed by atoms with Crippen LogP contribution < -0.4 is 21.9 Å². The molecule has 2 bridgehead atoms. The summed E-state index contributed by atoms with van der Waals surface area (Å²) in [5.41, 5.74) is -0.646. The first-order valence-electron chi connectivity index (χ1n) is 11.2. The molecule has 2 saturated heterocycles. The van der Waals surface area contributed by atoms with Crippen LogP contribution in [-0.4, -0.2) is 40.7 Å². The van der Waals surface area contributed by atoms with E-state index < -0.39 is 28.7 Å². The van der Waals surface area contributed by atoms with Gasteiger partial charge in [0.1, 0.15) is 17.5 Å². The normalized spacial score (nSPS) is 20.8. The Morgan fingerprint density at radius 1 is 1.09 bits per heavy atom. The van der Waals surface area contributed by atoms with Crippen LogP contribution in [0, 0.1) is 17.5 Å². The zero-order valence-electron chi connectivity index (χ0n) is 18.8. The van der Waals surface area contributed by atoms with Gasteiger partial charge in [-0.25, -0.2) is 18.0 Å². The lowest BCUT2D eigenvalue weighted by Crippen LogP contribution is -2.52. The Morgan fingerprint density at radius 2 is 1.86 bits per heavy atom. The summed E-state index contributed by atoms with van der Waals surface area (Å²) < 4.78 is 44.5. The molecule has 5 rings (SSSR count). The molecule has 0 spiro atoms. The van der Waals surface area contributed by atoms with Crippen molar-refractivity contribution in [2.24, 2.45) is 0 Å². The lowest BCUT2D eigenvalue weighted by molar-refractivity contribution is -0.122. The van der Waals surface area contributed by atoms with Crippen molar-refractivity contribution in [1.29, 1.82) is 0 Å². The van der Waals surface area contributed by atoms with Crippen molar-refractivity contribution < 1.29 is 22.7 Å². The van der Waals surface area contributed by atoms with E-state index in [0.717, 1.165) is 31.6 Å². The number of fused-ring (bicyclic) bond motifs is 3. The minimum atomic E-state index is -0.639. The molecule has 2 aliphatic heterocycles. The second kappa shape index (κ2) is 10.4. The largest absolute Gasteiger partial charge is 0.378 e. The maximum Gasteiger partial charge on any atom is 0.326 e. The molecule has 2 atom stereocenters. The molecule has 0 radical (unpaired) electrons. The molecule has 3 aromatic rings. The third-order valence-corrected chi connectivity index (χ3v) is 6.20. The molecule has 0 aliphatic carbocycles. The molecule has 2 unspecified atom stereocenters. The number of amides is 1. The number of morpholine rings is 1. The summed E-state index contributed by atoms with van der Waals surface area (Å²) in [4.78, 5) is 38.2. The molecular weight excluding hydrogens is 465 g/mol. The van der Waals surface area contributed by atoms with Crippen LogP contribution >= 0.6 is 0 Å². The zero-order valence-corrected chi connectivity index (χ0v) is 18.8. The molecule has 186 valence electrons. The number of hydrogen-bond donors (Lipinski definition) is 4. The number of aromatic amines is 2. The summed E-state index contributed by atoms with van der Waals surface area (Å²) in [5, 5.41) is 6.36. The predicted molar refractivity (Wildman–Crippen MR) is 122 cm³/mol. The van der Waals surface area contributed by atoms with Gasteiger partial charge in [0.25, 0.3) is 5.56 Å². The number of halogens is 3. The molecular formula is C24H25F3N4O4. The molecule has 1 amide bonds. The van der Waals surface area contributed by atoms with Crippen LogP contribution in [-0.2, 0) is 16.1 Å². The third kappa shape index (κ3) is 6.17. The van der Waals surface area contributed by atoms with E-state index in [9.17, 15) is 27.6 Å². The van der Waals surface area contributed by atoms with E-state index in [1.54, 1.807) is 0 Å². The van der Waals surface area contributed by atoms with Crippen molar-refractivity contribution in [3.8, 4) is 0 Å². The first-order valence-corrected chi connectivity index (χ1v) is 11.2. The number of H-pyrrole nitrogens is 2. The van der Waals surface area contributed by atoms with Crippen molar-refractivity contribution in [2.45, 2.75) is 43.8 Å². The number of hydrogen-bond acceptors (Lipinski definition) is 5. The summed E-state index contributed by atoms with van der Waals surface area (Å²) in [5.74, 6) is -1.90. The molecule has 11 heteroatoms. The van der Waals surface area contributed by atoms with E-state index >= 15 is 0 Å². The smallest absolute Gasteiger partial charge is 0.326 e. The van der Waals surface area contributed by atoms with E-state index in [1.165, 1.54) is 24.3 Å². The summed E-state index contributed by atoms with van der Waals surface area (Å²) >= 11 is 0. The topological polar surface area (TPSA) is 116 Å². The van der Waals surface area contributed by atoms with Crippen LogP contribution in [0.2, 0.25) is 0 Å². The van der Waals surface area contributed by atoms with Gasteiger partial charge in [0.15, 0.2) is 0 Å². The Morgan fingerprint density at radius 3 is 2.66 bits per heavy atom. The second-order valence-electron chi connectivity index (χ2n) is 8.79. The number of carbonyl (C=O) groups is 1. The van der Waals surface area contributed by atoms with Crippen LogP contribution in [0.4, 0.5) is 13.2 Å². The zero-order chi connectivity index (χ0) is 25.0. The van der Waals surface area contributed by atoms with Crippen molar-refractivity contribution in [3.05, 3.63) is 80.3 Å². The SMILES string of the molecule is O=C(CCC12CCC(COC1)N2)NCc1ccc(F)cc1F.O=c1[nH]c(=O)c2cc(F)ccc2[nH]1. The van der Waals surface area contributed by atoms with Gasteiger partial charge in [0.05, 0.1) is 24.1 Å². The summed E-state index contributed by atoms with van der Waals surface area (Å²) in [6.45, 7) is 1.46. The number of aromatic nitrogens is 2. The molecule has 2 fully saturated rings. The number of ether oxygens (including phenoxy) is 1. The Bertz CT molecular complexity index is 1340. The number of benzene rings is 2. The van der Waals surface area contributed by atoms with Crippen LogP contribution in [0.15, 0.2) is 46.0 Å². The molecule has 2 aromatic carbocycles. The van der Waals surface area contributed by atoms with Crippen molar-refractivity contribution in [1.82, 2.24) is 20.6 Å². The first kappa shape index (κ1) is 24.7. The van der Waals surface area contributed by atoms with E-state index in [-0.39, 0.29) is 28.9 Å². The van der Waals surface area contributed by atoms with E-state index in [1.807, 2.05) is 4.98 Å². The van der Waals surface area contributed by atoms with E-state index in [4.69, 9.17) is 4.74 Å². The maximum atomic E-state index is 13.5. The average molecular weight is 490 g/mol. The van der Waals surface area contributed by atoms with Gasteiger partial charge in [-0.2, -0.15) is 0 Å². The van der Waals surface area contributed by atoms with Crippen molar-refractivity contribution in [3.63, 3.8) is 0 Å². The maximum absolute atomic E-state index is 13.5. The molecule has 0 saturated carbocycles. The Hall–Kier alpha value is -3.44. The molecule has 1 aromatic heterocycles. The quantitative estimate of drug-likeness (QED) is 0.438. The number of rotatable bonds is 5. The average Bonchev–Trinajstić information content (AvgIpc) is 3.11. The standard InChI is InChI=1S/C16H20F2N2O2.C8H5FN2O2/c17-12-2-1-11(14(18)7-12)8-19-15(21)4-6-16-5-3-13(20-16)9-22-10-16;9-4-1-2-6-5(3-4)7(12)11-8(13)10-6/h1-2,7,13,20H,3-6,8-10H2,(H,19,21);1-3H,(H2,10,11,12,13). The minimum absolute atomic E-state index is 0.0739. The van der Waals surface area contributed by atoms with Crippen LogP contribution in [0.1, 0.15) is 31.2 Å². The Kier molecular flexibility index (Phi) is 7.37. The van der Waals surface area contributed by atoms with Gasteiger partial charge in [0.2, 0.25) is 5.91 Å². The van der Waals surface area contributed by atoms with Gasteiger partial charge in [-0.15, -0.1) is 0 Å². The van der Waals surface area contributed by atoms with Gasteiger partial charge in [-0.1, -0.05) is 6.07 Å². The number of carbonyl (C=O) groups excluding carboxylic acids is 1. The minimum Gasteiger partial charge on any atom is -0.378 e. The highest BCUT2D eigenvalue weighted by molar-refractivity contribution is 5.77. The van der Waals surface area contributed by atoms with Crippen LogP contribution in [0.3, 0.4) is 0 Å². The highest BCUT2D eigenvalue weighted by atomic mass is 19.1. The summed E-state index contributed by atoms with van der Waals surface area (Å²) in [6, 6.07) is 7.36. The Labute approximate surface area is 197 Å². The highest BCUT2D eigenvalue weighted by Gasteiger charge is 2.42. The molecule has 35 heavy (non-hydrogen) atoms. The van der Waals surface area contributed by atoms with E-state index in [0.29, 0.717) is 31.0 Å². The second-order valence-corrected chi connectivity index (χ2v) is 8.79. The lowest BCUT2D eigenvalue weighted by Gasteiger charge is -2.34. The summed E-state index contributed by atoms with van der Waals surface area (Å²) in [7, 11) is 0. The molecule has 8 nitrogen and oxygen atoms in total. The monoisotopic (exact) mass is 490 g/mol. The van der Waals surface area contributed by atoms with Crippen molar-refractivity contribution >= 4 is 16.8 Å². The fraction of sp³-hybridized carbons (Fsp3) is 0.375. The first-order chi connectivity index (χ1) is 16.7. The van der Waals surface area contributed by atoms with E-state index in [2.05, 4.69) is 15.6 Å². The van der Waals surface area contributed by atoms with Gasteiger partial charge in [0, 0.05) is 36.2 Å². The number of nitrogens with one attached hydrogen (secondary N) is 4. The predicted octanol–water partition coefficient (Wildman–Crippen LogP) is 2.24. The van der Waals surface area contributed by atoms with Crippen molar-refractivity contribution in [2.75, 3.05) is 13.2 Å². The van der Waals surface area contributed by atoms with Crippen LogP contribution in [0.5, 0.6) is 0 Å². The van der Waals surface area contributed by atoms with Gasteiger partial charge < -0.3 is 20.4 Å². The fourth-order valence-electron chi connectivity index (χ4n) is 4.37. The van der Waals surface area contributed by atoms with Gasteiger partial charge in [-0.3, -0.25) is 14.6 Å². The lowest BCUT2D eigenvalue weighted by atomic mass is 9.92. The Balaban J connectivity index is 0.000000189. The van der Waals surface area contributed by atoms with Gasteiger partial charge in [-0.05, 0) is 43.5 Å². The summed E-state index contributed by atoms with van der Waals surface area (Å²) in [6.07, 6.45) is 3.19. The molecule has 4 N–H and O–H groups in total. The fourth-order valence-corrected chi connectivity index (χ4v) is 4.37. The highest BCUT2D eigenvalue weighted by Crippen LogP contribution is 2.32. The van der Waals surface area contributed by atoms with Gasteiger partial charge >= 0.3 is 5.69 Å². The molecule has 3 heterocycles. The van der Waals surface area contributed by atoms with Crippen LogP contribution in [0.25, 0.3) is 10.9 Å².